The van der Waals surface area contributed by atoms with Crippen molar-refractivity contribution < 1.29 is 36.3 Å². The molecule has 3 aromatic rings. The number of sulfonamides is 1. The Labute approximate surface area is 243 Å². The number of aryl methyl sites for hydroxylation is 1. The SMILES string of the molecule is CCCc1cc(CNC)cc(-c2cc(C(N)=O)c3[nH]cc(C4CCN(S(=O)(=O)CC)CC4)c3c2)c1.O=C(O)C(F)(F)F. The van der Waals surface area contributed by atoms with Gasteiger partial charge in [-0.25, -0.2) is 17.5 Å². The number of aromatic amines is 1. The normalized spacial score (nSPS) is 14.9. The molecular weight excluding hydrogens is 573 g/mol. The number of carboxylic acids is 1. The summed E-state index contributed by atoms with van der Waals surface area (Å²) in [5, 5.41) is 11.3. The molecule has 0 radical (unpaired) electrons. The van der Waals surface area contributed by atoms with Crippen molar-refractivity contribution in [2.75, 3.05) is 25.9 Å². The number of carbonyl (C=O) groups is 2. The summed E-state index contributed by atoms with van der Waals surface area (Å²) in [7, 11) is -1.24. The molecule has 1 saturated heterocycles. The van der Waals surface area contributed by atoms with E-state index in [2.05, 4.69) is 41.5 Å². The van der Waals surface area contributed by atoms with E-state index in [1.807, 2.05) is 19.3 Å². The van der Waals surface area contributed by atoms with Crippen molar-refractivity contribution in [1.29, 1.82) is 0 Å². The van der Waals surface area contributed by atoms with Gasteiger partial charge >= 0.3 is 12.1 Å². The molecule has 13 heteroatoms. The standard InChI is InChI=1S/C27H36N4O3S.C2HF3O2/c1-4-6-18-11-19(16-29-3)13-21(12-18)22-14-23-25(17-30-26(23)24(15-22)27(28)32)20-7-9-31(10-8-20)35(33,34)5-2;3-2(4,5)1(6)7/h11-15,17,20,29-30H,4-10,16H2,1-3H3,(H2,28,32);(H,6,7). The number of carboxylic acid groups (broad SMARTS) is 1. The molecule has 5 N–H and O–H groups in total. The largest absolute Gasteiger partial charge is 0.490 e. The minimum Gasteiger partial charge on any atom is -0.475 e. The number of H-pyrrole nitrogens is 1. The van der Waals surface area contributed by atoms with Gasteiger partial charge in [-0.05, 0) is 85.2 Å². The Bertz CT molecular complexity index is 1500. The van der Waals surface area contributed by atoms with Crippen LogP contribution in [0.2, 0.25) is 0 Å². The quantitative estimate of drug-likeness (QED) is 0.275. The van der Waals surface area contributed by atoms with Gasteiger partial charge in [-0.3, -0.25) is 4.79 Å². The van der Waals surface area contributed by atoms with Crippen molar-refractivity contribution in [1.82, 2.24) is 14.6 Å². The predicted molar refractivity (Wildman–Crippen MR) is 156 cm³/mol. The molecule has 0 saturated carbocycles. The lowest BCUT2D eigenvalue weighted by atomic mass is 9.88. The number of carbonyl (C=O) groups excluding carboxylic acids is 1. The van der Waals surface area contributed by atoms with Crippen LogP contribution < -0.4 is 11.1 Å². The van der Waals surface area contributed by atoms with Crippen LogP contribution in [-0.4, -0.2) is 66.8 Å². The highest BCUT2D eigenvalue weighted by Gasteiger charge is 2.38. The number of hydrogen-bond acceptors (Lipinski definition) is 5. The van der Waals surface area contributed by atoms with Gasteiger partial charge in [-0.1, -0.05) is 25.5 Å². The fourth-order valence-electron chi connectivity index (χ4n) is 5.25. The van der Waals surface area contributed by atoms with Crippen molar-refractivity contribution in [2.45, 2.75) is 58.2 Å². The number of alkyl halides is 3. The Kier molecular flexibility index (Phi) is 10.8. The Hall–Kier alpha value is -3.42. The third-order valence-electron chi connectivity index (χ3n) is 7.29. The van der Waals surface area contributed by atoms with E-state index < -0.39 is 28.1 Å². The Morgan fingerprint density at radius 2 is 1.67 bits per heavy atom. The number of halogens is 3. The van der Waals surface area contributed by atoms with E-state index in [1.54, 1.807) is 11.2 Å². The average molecular weight is 611 g/mol. The van der Waals surface area contributed by atoms with E-state index in [4.69, 9.17) is 15.6 Å². The minimum atomic E-state index is -5.08. The number of primary amides is 1. The number of aliphatic carboxylic acids is 1. The lowest BCUT2D eigenvalue weighted by Gasteiger charge is -2.31. The summed E-state index contributed by atoms with van der Waals surface area (Å²) in [6.07, 6.45) is 0.434. The summed E-state index contributed by atoms with van der Waals surface area (Å²) in [5.41, 5.74) is 12.7. The van der Waals surface area contributed by atoms with E-state index in [9.17, 15) is 26.4 Å². The molecule has 4 rings (SSSR count). The maximum Gasteiger partial charge on any atom is 0.490 e. The number of rotatable bonds is 9. The summed E-state index contributed by atoms with van der Waals surface area (Å²) >= 11 is 0. The molecule has 1 fully saturated rings. The lowest BCUT2D eigenvalue weighted by molar-refractivity contribution is -0.192. The van der Waals surface area contributed by atoms with E-state index in [-0.39, 0.29) is 11.7 Å². The first-order valence-electron chi connectivity index (χ1n) is 13.7. The fourth-order valence-corrected chi connectivity index (χ4v) is 6.38. The molecule has 0 unspecified atom stereocenters. The summed E-state index contributed by atoms with van der Waals surface area (Å²) in [5.74, 6) is -2.88. The Morgan fingerprint density at radius 1 is 1.07 bits per heavy atom. The third-order valence-corrected chi connectivity index (χ3v) is 9.17. The van der Waals surface area contributed by atoms with Crippen LogP contribution in [-0.2, 0) is 27.8 Å². The van der Waals surface area contributed by atoms with Crippen LogP contribution in [0.1, 0.15) is 66.1 Å². The smallest absolute Gasteiger partial charge is 0.475 e. The Balaban J connectivity index is 0.000000616. The Morgan fingerprint density at radius 3 is 2.19 bits per heavy atom. The molecule has 0 aliphatic carbocycles. The summed E-state index contributed by atoms with van der Waals surface area (Å²) in [6, 6.07) is 10.6. The maximum atomic E-state index is 12.4. The zero-order chi connectivity index (χ0) is 31.2. The summed E-state index contributed by atoms with van der Waals surface area (Å²) in [6.45, 7) is 5.66. The van der Waals surface area contributed by atoms with Gasteiger partial charge in [0.1, 0.15) is 0 Å². The van der Waals surface area contributed by atoms with Crippen LogP contribution in [0.3, 0.4) is 0 Å². The number of nitrogens with one attached hydrogen (secondary N) is 2. The molecule has 2 heterocycles. The fraction of sp³-hybridized carbons (Fsp3) is 0.448. The van der Waals surface area contributed by atoms with Crippen LogP contribution in [0.4, 0.5) is 13.2 Å². The minimum absolute atomic E-state index is 0.128. The maximum absolute atomic E-state index is 12.4. The van der Waals surface area contributed by atoms with Crippen molar-refractivity contribution in [3.8, 4) is 11.1 Å². The van der Waals surface area contributed by atoms with Gasteiger partial charge in [0.05, 0.1) is 16.8 Å². The molecule has 9 nitrogen and oxygen atoms in total. The molecule has 1 amide bonds. The second-order valence-corrected chi connectivity index (χ2v) is 12.5. The molecule has 0 spiro atoms. The van der Waals surface area contributed by atoms with Gasteiger partial charge < -0.3 is 21.1 Å². The average Bonchev–Trinajstić information content (AvgIpc) is 3.36. The number of piperidine rings is 1. The number of fused-ring (bicyclic) bond motifs is 1. The summed E-state index contributed by atoms with van der Waals surface area (Å²) < 4.78 is 57.9. The number of hydrogen-bond donors (Lipinski definition) is 4. The molecule has 230 valence electrons. The van der Waals surface area contributed by atoms with Crippen molar-refractivity contribution in [3.05, 3.63) is 58.8 Å². The monoisotopic (exact) mass is 610 g/mol. The van der Waals surface area contributed by atoms with E-state index in [0.717, 1.165) is 59.8 Å². The molecular formula is C29H37F3N4O5S. The van der Waals surface area contributed by atoms with Crippen LogP contribution in [0.15, 0.2) is 36.5 Å². The van der Waals surface area contributed by atoms with Gasteiger partial charge in [0.15, 0.2) is 0 Å². The van der Waals surface area contributed by atoms with Crippen LogP contribution in [0.5, 0.6) is 0 Å². The van der Waals surface area contributed by atoms with Gasteiger partial charge in [0, 0.05) is 31.2 Å². The number of aromatic nitrogens is 1. The summed E-state index contributed by atoms with van der Waals surface area (Å²) in [4.78, 5) is 24.6. The van der Waals surface area contributed by atoms with Crippen LogP contribution in [0.25, 0.3) is 22.0 Å². The first-order chi connectivity index (χ1) is 19.7. The molecule has 1 aromatic heterocycles. The number of amides is 1. The van der Waals surface area contributed by atoms with Crippen molar-refractivity contribution >= 4 is 32.8 Å². The number of nitrogens with zero attached hydrogens (tertiary/aromatic N) is 1. The third kappa shape index (κ3) is 7.90. The first kappa shape index (κ1) is 33.1. The van der Waals surface area contributed by atoms with E-state index in [0.29, 0.717) is 18.7 Å². The van der Waals surface area contributed by atoms with E-state index in [1.165, 1.54) is 11.1 Å². The second-order valence-electron chi connectivity index (χ2n) is 10.2. The number of benzene rings is 2. The molecule has 0 bridgehead atoms. The topological polar surface area (TPSA) is 146 Å². The van der Waals surface area contributed by atoms with E-state index >= 15 is 0 Å². The van der Waals surface area contributed by atoms with Gasteiger partial charge in [-0.2, -0.15) is 13.2 Å². The van der Waals surface area contributed by atoms with Gasteiger partial charge in [-0.15, -0.1) is 0 Å². The zero-order valence-corrected chi connectivity index (χ0v) is 24.7. The van der Waals surface area contributed by atoms with Crippen molar-refractivity contribution in [3.63, 3.8) is 0 Å². The van der Waals surface area contributed by atoms with Crippen LogP contribution >= 0.6 is 0 Å². The highest BCUT2D eigenvalue weighted by molar-refractivity contribution is 7.89. The predicted octanol–water partition coefficient (Wildman–Crippen LogP) is 4.77. The molecule has 1 aliphatic rings. The highest BCUT2D eigenvalue weighted by atomic mass is 32.2. The molecule has 2 aromatic carbocycles. The van der Waals surface area contributed by atoms with Gasteiger partial charge in [0.25, 0.3) is 5.91 Å². The molecule has 42 heavy (non-hydrogen) atoms. The lowest BCUT2D eigenvalue weighted by Crippen LogP contribution is -2.38. The highest BCUT2D eigenvalue weighted by Crippen LogP contribution is 2.37. The van der Waals surface area contributed by atoms with Gasteiger partial charge in [0.2, 0.25) is 10.0 Å². The molecule has 1 aliphatic heterocycles. The molecule has 0 atom stereocenters. The van der Waals surface area contributed by atoms with Crippen molar-refractivity contribution in [2.24, 2.45) is 5.73 Å². The van der Waals surface area contributed by atoms with Crippen LogP contribution in [0, 0.1) is 0 Å². The first-order valence-corrected chi connectivity index (χ1v) is 15.3. The second kappa shape index (κ2) is 13.7. The zero-order valence-electron chi connectivity index (χ0n) is 23.8. The number of nitrogens with two attached hydrogens (primary N) is 1.